The van der Waals surface area contributed by atoms with Gasteiger partial charge in [0.15, 0.2) is 0 Å². The van der Waals surface area contributed by atoms with Gasteiger partial charge in [-0.05, 0) is 36.5 Å². The third-order valence-electron chi connectivity index (χ3n) is 3.07. The van der Waals surface area contributed by atoms with Crippen LogP contribution in [-0.4, -0.2) is 25.8 Å². The lowest BCUT2D eigenvalue weighted by molar-refractivity contribution is 0.333. The van der Waals surface area contributed by atoms with Gasteiger partial charge in [0.1, 0.15) is 0 Å². The normalized spacial score (nSPS) is 12.1. The van der Waals surface area contributed by atoms with E-state index in [0.717, 1.165) is 0 Å². The van der Waals surface area contributed by atoms with Crippen molar-refractivity contribution >= 4 is 10.0 Å². The first kappa shape index (κ1) is 17.7. The summed E-state index contributed by atoms with van der Waals surface area (Å²) in [6.07, 6.45) is 0. The number of aryl methyl sites for hydroxylation is 1. The van der Waals surface area contributed by atoms with Crippen molar-refractivity contribution in [2.75, 3.05) is 13.1 Å². The van der Waals surface area contributed by atoms with Crippen LogP contribution in [0, 0.1) is 30.1 Å². The van der Waals surface area contributed by atoms with Crippen molar-refractivity contribution in [2.24, 2.45) is 11.8 Å². The molecule has 21 heavy (non-hydrogen) atoms. The SMILES string of the molecule is Cc1ccc(C#N)cc1S(=O)(=O)N(CC(C)C)CC(C)C. The second kappa shape index (κ2) is 7.06. The summed E-state index contributed by atoms with van der Waals surface area (Å²) in [5.74, 6) is 0.496. The van der Waals surface area contributed by atoms with Gasteiger partial charge in [-0.1, -0.05) is 33.8 Å². The van der Waals surface area contributed by atoms with Crippen LogP contribution in [0.25, 0.3) is 0 Å². The van der Waals surface area contributed by atoms with Gasteiger partial charge in [-0.25, -0.2) is 8.42 Å². The molecule has 0 saturated heterocycles. The Kier molecular flexibility index (Phi) is 5.94. The van der Waals surface area contributed by atoms with Crippen molar-refractivity contribution in [1.82, 2.24) is 4.31 Å². The second-order valence-electron chi connectivity index (χ2n) is 6.20. The van der Waals surface area contributed by atoms with E-state index in [1.807, 2.05) is 33.8 Å². The number of hydrogen-bond acceptors (Lipinski definition) is 3. The molecule has 0 fully saturated rings. The molecule has 4 nitrogen and oxygen atoms in total. The molecule has 1 aromatic carbocycles. The second-order valence-corrected chi connectivity index (χ2v) is 8.11. The molecule has 0 aliphatic rings. The number of nitrogens with zero attached hydrogens (tertiary/aromatic N) is 2. The van der Waals surface area contributed by atoms with Crippen molar-refractivity contribution in [3.8, 4) is 6.07 Å². The Morgan fingerprint density at radius 3 is 2.10 bits per heavy atom. The van der Waals surface area contributed by atoms with Crippen molar-refractivity contribution < 1.29 is 8.42 Å². The molecule has 1 rings (SSSR count). The zero-order valence-corrected chi connectivity index (χ0v) is 14.2. The van der Waals surface area contributed by atoms with Crippen LogP contribution in [0.5, 0.6) is 0 Å². The third kappa shape index (κ3) is 4.55. The molecule has 0 radical (unpaired) electrons. The summed E-state index contributed by atoms with van der Waals surface area (Å²) in [6, 6.07) is 6.81. The number of benzene rings is 1. The molecule has 0 aromatic heterocycles. The van der Waals surface area contributed by atoms with Crippen LogP contribution in [0.1, 0.15) is 38.8 Å². The van der Waals surface area contributed by atoms with Crippen molar-refractivity contribution in [2.45, 2.75) is 39.5 Å². The van der Waals surface area contributed by atoms with Crippen LogP contribution in [0.3, 0.4) is 0 Å². The summed E-state index contributed by atoms with van der Waals surface area (Å²) < 4.78 is 27.4. The molecule has 0 heterocycles. The Labute approximate surface area is 128 Å². The minimum atomic E-state index is -3.57. The number of sulfonamides is 1. The van der Waals surface area contributed by atoms with E-state index in [1.165, 1.54) is 10.4 Å². The fourth-order valence-corrected chi connectivity index (χ4v) is 4.19. The Morgan fingerprint density at radius 2 is 1.67 bits per heavy atom. The van der Waals surface area contributed by atoms with Gasteiger partial charge in [-0.15, -0.1) is 0 Å². The third-order valence-corrected chi connectivity index (χ3v) is 5.05. The first-order valence-corrected chi connectivity index (χ1v) is 8.63. The molecule has 0 atom stereocenters. The van der Waals surface area contributed by atoms with E-state index in [-0.39, 0.29) is 16.7 Å². The predicted octanol–water partition coefficient (Wildman–Crippen LogP) is 3.17. The lowest BCUT2D eigenvalue weighted by atomic mass is 10.2. The highest BCUT2D eigenvalue weighted by molar-refractivity contribution is 7.89. The molecule has 0 spiro atoms. The van der Waals surface area contributed by atoms with E-state index in [2.05, 4.69) is 0 Å². The summed E-state index contributed by atoms with van der Waals surface area (Å²) in [4.78, 5) is 0.239. The summed E-state index contributed by atoms with van der Waals surface area (Å²) in [6.45, 7) is 10.7. The van der Waals surface area contributed by atoms with E-state index >= 15 is 0 Å². The van der Waals surface area contributed by atoms with Gasteiger partial charge < -0.3 is 0 Å². The smallest absolute Gasteiger partial charge is 0.207 e. The van der Waals surface area contributed by atoms with E-state index in [0.29, 0.717) is 24.2 Å². The molecule has 116 valence electrons. The maximum atomic E-state index is 12.9. The topological polar surface area (TPSA) is 61.2 Å². The van der Waals surface area contributed by atoms with Gasteiger partial charge in [0, 0.05) is 13.1 Å². The Hall–Kier alpha value is -1.38. The van der Waals surface area contributed by atoms with Crippen LogP contribution in [-0.2, 0) is 10.0 Å². The molecule has 0 bridgehead atoms. The molecule has 0 aliphatic heterocycles. The van der Waals surface area contributed by atoms with Crippen LogP contribution >= 0.6 is 0 Å². The average molecular weight is 308 g/mol. The highest BCUT2D eigenvalue weighted by Crippen LogP contribution is 2.23. The van der Waals surface area contributed by atoms with Crippen LogP contribution in [0.15, 0.2) is 23.1 Å². The molecule has 5 heteroatoms. The predicted molar refractivity (Wildman–Crippen MR) is 84.3 cm³/mol. The molecule has 0 unspecified atom stereocenters. The van der Waals surface area contributed by atoms with E-state index in [1.54, 1.807) is 19.1 Å². The minimum absolute atomic E-state index is 0.239. The van der Waals surface area contributed by atoms with Gasteiger partial charge >= 0.3 is 0 Å². The first-order chi connectivity index (χ1) is 9.68. The van der Waals surface area contributed by atoms with Crippen molar-refractivity contribution in [1.29, 1.82) is 5.26 Å². The lowest BCUT2D eigenvalue weighted by Crippen LogP contribution is -2.37. The van der Waals surface area contributed by atoms with Gasteiger partial charge in [0.05, 0.1) is 16.5 Å². The Morgan fingerprint density at radius 1 is 1.14 bits per heavy atom. The van der Waals surface area contributed by atoms with E-state index < -0.39 is 10.0 Å². The van der Waals surface area contributed by atoms with Crippen LogP contribution in [0.4, 0.5) is 0 Å². The van der Waals surface area contributed by atoms with Crippen molar-refractivity contribution in [3.05, 3.63) is 29.3 Å². The standard InChI is InChI=1S/C16H24N2O2S/c1-12(2)10-18(11-13(3)4)21(19,20)16-8-15(9-17)7-6-14(16)5/h6-8,12-13H,10-11H2,1-5H3. The zero-order chi connectivity index (χ0) is 16.2. The molecule has 1 aromatic rings. The average Bonchev–Trinajstić information content (AvgIpc) is 2.37. The van der Waals surface area contributed by atoms with Crippen molar-refractivity contribution in [3.63, 3.8) is 0 Å². The van der Waals surface area contributed by atoms with Crippen LogP contribution < -0.4 is 0 Å². The molecule has 0 amide bonds. The summed E-state index contributed by atoms with van der Waals surface area (Å²) in [5.41, 5.74) is 1.04. The fraction of sp³-hybridized carbons (Fsp3) is 0.562. The molecular weight excluding hydrogens is 284 g/mol. The monoisotopic (exact) mass is 308 g/mol. The first-order valence-electron chi connectivity index (χ1n) is 7.19. The number of hydrogen-bond donors (Lipinski definition) is 0. The highest BCUT2D eigenvalue weighted by atomic mass is 32.2. The molecule has 0 aliphatic carbocycles. The molecular formula is C16H24N2O2S. The maximum Gasteiger partial charge on any atom is 0.243 e. The van der Waals surface area contributed by atoms with Gasteiger partial charge in [0.2, 0.25) is 10.0 Å². The van der Waals surface area contributed by atoms with E-state index in [4.69, 9.17) is 5.26 Å². The largest absolute Gasteiger partial charge is 0.243 e. The minimum Gasteiger partial charge on any atom is -0.207 e. The van der Waals surface area contributed by atoms with E-state index in [9.17, 15) is 8.42 Å². The quantitative estimate of drug-likeness (QED) is 0.811. The highest BCUT2D eigenvalue weighted by Gasteiger charge is 2.27. The summed E-state index contributed by atoms with van der Waals surface area (Å²) >= 11 is 0. The summed E-state index contributed by atoms with van der Waals surface area (Å²) in [5, 5.41) is 8.99. The number of rotatable bonds is 6. The Balaban J connectivity index is 3.31. The van der Waals surface area contributed by atoms with Gasteiger partial charge in [-0.3, -0.25) is 0 Å². The zero-order valence-electron chi connectivity index (χ0n) is 13.4. The molecule has 0 N–H and O–H groups in total. The van der Waals surface area contributed by atoms with Gasteiger partial charge in [-0.2, -0.15) is 9.57 Å². The lowest BCUT2D eigenvalue weighted by Gasteiger charge is -2.26. The number of nitriles is 1. The Bertz CT molecular complexity index is 618. The summed E-state index contributed by atoms with van der Waals surface area (Å²) in [7, 11) is -3.57. The fourth-order valence-electron chi connectivity index (χ4n) is 2.17. The maximum absolute atomic E-state index is 12.9. The van der Waals surface area contributed by atoms with Gasteiger partial charge in [0.25, 0.3) is 0 Å². The van der Waals surface area contributed by atoms with Crippen LogP contribution in [0.2, 0.25) is 0 Å². The molecule has 0 saturated carbocycles.